The van der Waals surface area contributed by atoms with Gasteiger partial charge in [0.05, 0.1) is 25.7 Å². The second-order valence-electron chi connectivity index (χ2n) is 6.97. The average molecular weight is 332 g/mol. The summed E-state index contributed by atoms with van der Waals surface area (Å²) in [4.78, 5) is 17.2. The van der Waals surface area contributed by atoms with Crippen molar-refractivity contribution in [3.05, 3.63) is 35.4 Å². The molecular formula is C19H28N2O3. The standard InChI is InChI=1S/C19H28N2O3/c1-15-11-20(12-16-4-3-5-17(10-16)14-23-2)13-18(15)19(22)21-6-8-24-9-7-21/h3-5,10,15,18H,6-9,11-14H2,1-2H3/t15-,18-/m1/s1. The van der Waals surface area contributed by atoms with Crippen LogP contribution < -0.4 is 0 Å². The Labute approximate surface area is 144 Å². The Morgan fingerprint density at radius 2 is 2.00 bits per heavy atom. The van der Waals surface area contributed by atoms with Crippen LogP contribution in [0.2, 0.25) is 0 Å². The minimum Gasteiger partial charge on any atom is -0.380 e. The molecule has 1 aromatic carbocycles. The van der Waals surface area contributed by atoms with E-state index < -0.39 is 0 Å². The molecule has 0 spiro atoms. The molecule has 0 saturated carbocycles. The molecule has 1 aromatic rings. The highest BCUT2D eigenvalue weighted by atomic mass is 16.5. The minimum absolute atomic E-state index is 0.116. The first kappa shape index (κ1) is 17.4. The molecule has 2 fully saturated rings. The van der Waals surface area contributed by atoms with Crippen molar-refractivity contribution in [3.63, 3.8) is 0 Å². The van der Waals surface area contributed by atoms with Crippen LogP contribution in [-0.4, -0.2) is 62.2 Å². The summed E-state index contributed by atoms with van der Waals surface area (Å²) in [6.45, 7) is 8.39. The van der Waals surface area contributed by atoms with Crippen LogP contribution >= 0.6 is 0 Å². The molecule has 2 saturated heterocycles. The summed E-state index contributed by atoms with van der Waals surface area (Å²) in [6, 6.07) is 8.52. The van der Waals surface area contributed by atoms with Gasteiger partial charge in [-0.3, -0.25) is 9.69 Å². The van der Waals surface area contributed by atoms with Crippen LogP contribution in [0, 0.1) is 11.8 Å². The summed E-state index contributed by atoms with van der Waals surface area (Å²) in [5, 5.41) is 0. The van der Waals surface area contributed by atoms with Gasteiger partial charge in [0, 0.05) is 39.8 Å². The molecule has 0 aliphatic carbocycles. The molecule has 0 radical (unpaired) electrons. The number of nitrogens with zero attached hydrogens (tertiary/aromatic N) is 2. The van der Waals surface area contributed by atoms with Crippen molar-refractivity contribution in [2.75, 3.05) is 46.5 Å². The van der Waals surface area contributed by atoms with Crippen LogP contribution in [0.5, 0.6) is 0 Å². The van der Waals surface area contributed by atoms with Crippen LogP contribution in [0.15, 0.2) is 24.3 Å². The Bertz CT molecular complexity index is 557. The highest BCUT2D eigenvalue weighted by Gasteiger charge is 2.37. The third-order valence-electron chi connectivity index (χ3n) is 5.04. The quantitative estimate of drug-likeness (QED) is 0.824. The first-order chi connectivity index (χ1) is 11.7. The summed E-state index contributed by atoms with van der Waals surface area (Å²) in [5.74, 6) is 0.828. The van der Waals surface area contributed by atoms with E-state index in [0.717, 1.165) is 32.7 Å². The van der Waals surface area contributed by atoms with E-state index in [0.29, 0.717) is 31.6 Å². The predicted octanol–water partition coefficient (Wildman–Crippen LogP) is 1.76. The van der Waals surface area contributed by atoms with Gasteiger partial charge in [0.2, 0.25) is 5.91 Å². The third kappa shape index (κ3) is 4.15. The van der Waals surface area contributed by atoms with Crippen molar-refractivity contribution in [2.45, 2.75) is 20.1 Å². The second kappa shape index (κ2) is 8.10. The molecule has 24 heavy (non-hydrogen) atoms. The van der Waals surface area contributed by atoms with E-state index in [1.54, 1.807) is 7.11 Å². The third-order valence-corrected chi connectivity index (χ3v) is 5.04. The van der Waals surface area contributed by atoms with Crippen molar-refractivity contribution in [1.82, 2.24) is 9.80 Å². The maximum Gasteiger partial charge on any atom is 0.227 e. The molecule has 5 nitrogen and oxygen atoms in total. The molecule has 3 rings (SSSR count). The number of carbonyl (C=O) groups excluding carboxylic acids is 1. The lowest BCUT2D eigenvalue weighted by Gasteiger charge is -2.30. The highest BCUT2D eigenvalue weighted by molar-refractivity contribution is 5.79. The zero-order valence-corrected chi connectivity index (χ0v) is 14.7. The fourth-order valence-electron chi connectivity index (χ4n) is 3.78. The fraction of sp³-hybridized carbons (Fsp3) is 0.632. The van der Waals surface area contributed by atoms with Crippen LogP contribution in [-0.2, 0) is 27.4 Å². The Hall–Kier alpha value is -1.43. The molecule has 5 heteroatoms. The SMILES string of the molecule is COCc1cccc(CN2C[C@@H](C)[C@H](C(=O)N3CCOCC3)C2)c1. The molecule has 0 N–H and O–H groups in total. The summed E-state index contributed by atoms with van der Waals surface area (Å²) in [5.41, 5.74) is 2.49. The Balaban J connectivity index is 1.59. The number of morpholine rings is 1. The summed E-state index contributed by atoms with van der Waals surface area (Å²) < 4.78 is 10.6. The van der Waals surface area contributed by atoms with E-state index in [1.807, 2.05) is 4.90 Å². The lowest BCUT2D eigenvalue weighted by Crippen LogP contribution is -2.45. The maximum atomic E-state index is 12.8. The maximum absolute atomic E-state index is 12.8. The van der Waals surface area contributed by atoms with Gasteiger partial charge in [0.1, 0.15) is 0 Å². The molecule has 2 atom stereocenters. The van der Waals surface area contributed by atoms with Crippen LogP contribution in [0.1, 0.15) is 18.1 Å². The van der Waals surface area contributed by atoms with E-state index in [-0.39, 0.29) is 5.92 Å². The zero-order valence-electron chi connectivity index (χ0n) is 14.7. The first-order valence-corrected chi connectivity index (χ1v) is 8.83. The van der Waals surface area contributed by atoms with Crippen molar-refractivity contribution in [1.29, 1.82) is 0 Å². The summed E-state index contributed by atoms with van der Waals surface area (Å²) in [7, 11) is 1.72. The van der Waals surface area contributed by atoms with Crippen molar-refractivity contribution >= 4 is 5.91 Å². The second-order valence-corrected chi connectivity index (χ2v) is 6.97. The molecule has 132 valence electrons. The number of amides is 1. The number of hydrogen-bond donors (Lipinski definition) is 0. The van der Waals surface area contributed by atoms with Gasteiger partial charge in [0.15, 0.2) is 0 Å². The van der Waals surface area contributed by atoms with Gasteiger partial charge in [-0.25, -0.2) is 0 Å². The van der Waals surface area contributed by atoms with E-state index in [9.17, 15) is 4.79 Å². The van der Waals surface area contributed by atoms with Crippen LogP contribution in [0.3, 0.4) is 0 Å². The molecule has 0 unspecified atom stereocenters. The van der Waals surface area contributed by atoms with Gasteiger partial charge < -0.3 is 14.4 Å². The Kier molecular flexibility index (Phi) is 5.87. The number of benzene rings is 1. The van der Waals surface area contributed by atoms with E-state index >= 15 is 0 Å². The molecule has 2 aliphatic heterocycles. The van der Waals surface area contributed by atoms with Crippen molar-refractivity contribution in [3.8, 4) is 0 Å². The van der Waals surface area contributed by atoms with Gasteiger partial charge in [0.25, 0.3) is 0 Å². The normalized spacial score (nSPS) is 25.2. The number of methoxy groups -OCH3 is 1. The van der Waals surface area contributed by atoms with Gasteiger partial charge >= 0.3 is 0 Å². The molecule has 0 aromatic heterocycles. The smallest absolute Gasteiger partial charge is 0.227 e. The van der Waals surface area contributed by atoms with E-state index in [2.05, 4.69) is 36.1 Å². The monoisotopic (exact) mass is 332 g/mol. The first-order valence-electron chi connectivity index (χ1n) is 8.83. The fourth-order valence-corrected chi connectivity index (χ4v) is 3.78. The minimum atomic E-state index is 0.116. The number of rotatable bonds is 5. The van der Waals surface area contributed by atoms with Crippen molar-refractivity contribution < 1.29 is 14.3 Å². The summed E-state index contributed by atoms with van der Waals surface area (Å²) >= 11 is 0. The highest BCUT2D eigenvalue weighted by Crippen LogP contribution is 2.27. The molecule has 2 aliphatic rings. The number of carbonyl (C=O) groups is 1. The number of ether oxygens (including phenoxy) is 2. The van der Waals surface area contributed by atoms with E-state index in [1.165, 1.54) is 11.1 Å². The van der Waals surface area contributed by atoms with Crippen molar-refractivity contribution in [2.24, 2.45) is 11.8 Å². The van der Waals surface area contributed by atoms with Gasteiger partial charge in [-0.2, -0.15) is 0 Å². The Morgan fingerprint density at radius 1 is 1.25 bits per heavy atom. The lowest BCUT2D eigenvalue weighted by atomic mass is 9.96. The average Bonchev–Trinajstić information content (AvgIpc) is 2.96. The predicted molar refractivity (Wildman–Crippen MR) is 92.5 cm³/mol. The number of likely N-dealkylation sites (tertiary alicyclic amines) is 1. The topological polar surface area (TPSA) is 42.0 Å². The largest absolute Gasteiger partial charge is 0.380 e. The number of hydrogen-bond acceptors (Lipinski definition) is 4. The lowest BCUT2D eigenvalue weighted by molar-refractivity contribution is -0.140. The molecule has 2 heterocycles. The van der Waals surface area contributed by atoms with Crippen LogP contribution in [0.25, 0.3) is 0 Å². The van der Waals surface area contributed by atoms with Crippen LogP contribution in [0.4, 0.5) is 0 Å². The van der Waals surface area contributed by atoms with Gasteiger partial charge in [-0.15, -0.1) is 0 Å². The molecular weight excluding hydrogens is 304 g/mol. The molecule has 1 amide bonds. The molecule has 0 bridgehead atoms. The Morgan fingerprint density at radius 3 is 2.75 bits per heavy atom. The summed E-state index contributed by atoms with van der Waals surface area (Å²) in [6.07, 6.45) is 0. The van der Waals surface area contributed by atoms with E-state index in [4.69, 9.17) is 9.47 Å². The van der Waals surface area contributed by atoms with Gasteiger partial charge in [-0.05, 0) is 17.0 Å². The zero-order chi connectivity index (χ0) is 16.9. The van der Waals surface area contributed by atoms with Gasteiger partial charge in [-0.1, -0.05) is 31.2 Å².